The largest absolute Gasteiger partial charge is 0.460 e. The first-order valence-electron chi connectivity index (χ1n) is 16.6. The molecule has 3 aromatic rings. The summed E-state index contributed by atoms with van der Waals surface area (Å²) in [5.74, 6) is -1.61. The van der Waals surface area contributed by atoms with Crippen LogP contribution in [-0.2, 0) is 9.53 Å². The van der Waals surface area contributed by atoms with Crippen LogP contribution in [0.1, 0.15) is 97.5 Å². The van der Waals surface area contributed by atoms with Gasteiger partial charge in [0.05, 0.1) is 22.9 Å². The van der Waals surface area contributed by atoms with Gasteiger partial charge in [0.2, 0.25) is 0 Å². The highest BCUT2D eigenvalue weighted by atomic mass is 19.1. The third-order valence-electron chi connectivity index (χ3n) is 9.09. The SMILES string of the molecule is Cc1ccccc1N1CCN(c2cc(F)c(C(=O)NC3CCCC(C(=O)OC(C)(C)C)C3)cc2NC(=O)c2coc(C3CC3)n2)CC1. The van der Waals surface area contributed by atoms with Crippen LogP contribution in [0.2, 0.25) is 0 Å². The van der Waals surface area contributed by atoms with Crippen molar-refractivity contribution in [3.05, 3.63) is 71.2 Å². The van der Waals surface area contributed by atoms with E-state index < -0.39 is 23.2 Å². The zero-order valence-corrected chi connectivity index (χ0v) is 27.6. The molecule has 3 fully saturated rings. The third kappa shape index (κ3) is 7.77. The van der Waals surface area contributed by atoms with Crippen LogP contribution in [0.15, 0.2) is 47.1 Å². The second-order valence-electron chi connectivity index (χ2n) is 14.0. The van der Waals surface area contributed by atoms with Crippen LogP contribution in [0.4, 0.5) is 21.5 Å². The number of anilines is 3. The summed E-state index contributed by atoms with van der Waals surface area (Å²) >= 11 is 0. The molecule has 3 aliphatic rings. The van der Waals surface area contributed by atoms with E-state index in [0.717, 1.165) is 24.9 Å². The maximum atomic E-state index is 15.8. The van der Waals surface area contributed by atoms with Gasteiger partial charge in [-0.15, -0.1) is 0 Å². The summed E-state index contributed by atoms with van der Waals surface area (Å²) < 4.78 is 26.9. The van der Waals surface area contributed by atoms with E-state index in [1.807, 2.05) is 37.8 Å². The van der Waals surface area contributed by atoms with E-state index >= 15 is 4.39 Å². The van der Waals surface area contributed by atoms with E-state index in [9.17, 15) is 14.4 Å². The molecule has 10 nitrogen and oxygen atoms in total. The Morgan fingerprint density at radius 2 is 1.66 bits per heavy atom. The number of hydrogen-bond donors (Lipinski definition) is 2. The van der Waals surface area contributed by atoms with Crippen molar-refractivity contribution in [1.29, 1.82) is 0 Å². The van der Waals surface area contributed by atoms with Crippen molar-refractivity contribution < 1.29 is 27.9 Å². The summed E-state index contributed by atoms with van der Waals surface area (Å²) in [5.41, 5.74) is 2.51. The number of esters is 1. The van der Waals surface area contributed by atoms with Crippen molar-refractivity contribution >= 4 is 34.8 Å². The quantitative estimate of drug-likeness (QED) is 0.278. The number of aryl methyl sites for hydroxylation is 1. The normalized spacial score (nSPS) is 20.1. The predicted octanol–water partition coefficient (Wildman–Crippen LogP) is 6.21. The second-order valence-corrected chi connectivity index (χ2v) is 14.0. The van der Waals surface area contributed by atoms with E-state index in [1.165, 1.54) is 24.0 Å². The summed E-state index contributed by atoms with van der Waals surface area (Å²) in [5, 5.41) is 5.83. The smallest absolute Gasteiger partial charge is 0.309 e. The number of aromatic nitrogens is 1. The molecule has 0 radical (unpaired) electrons. The van der Waals surface area contributed by atoms with Gasteiger partial charge in [-0.3, -0.25) is 14.4 Å². The molecular formula is C36H44FN5O5. The molecule has 2 heterocycles. The number of oxazole rings is 1. The minimum absolute atomic E-state index is 0.132. The summed E-state index contributed by atoms with van der Waals surface area (Å²) in [6.45, 7) is 10.2. The fourth-order valence-corrected chi connectivity index (χ4v) is 6.48. The number of ether oxygens (including phenoxy) is 1. The molecule has 2 atom stereocenters. The van der Waals surface area contributed by atoms with Crippen LogP contribution < -0.4 is 20.4 Å². The van der Waals surface area contributed by atoms with Crippen molar-refractivity contribution in [2.75, 3.05) is 41.3 Å². The monoisotopic (exact) mass is 645 g/mol. The number of nitrogens with zero attached hydrogens (tertiary/aromatic N) is 3. The fourth-order valence-electron chi connectivity index (χ4n) is 6.48. The Morgan fingerprint density at radius 1 is 0.957 bits per heavy atom. The van der Waals surface area contributed by atoms with Gasteiger partial charge in [0.25, 0.3) is 11.8 Å². The highest BCUT2D eigenvalue weighted by Gasteiger charge is 2.33. The Kier molecular flexibility index (Phi) is 9.25. The van der Waals surface area contributed by atoms with Crippen molar-refractivity contribution in [3.63, 3.8) is 0 Å². The molecule has 2 saturated carbocycles. The van der Waals surface area contributed by atoms with Gasteiger partial charge in [-0.1, -0.05) is 24.6 Å². The van der Waals surface area contributed by atoms with Gasteiger partial charge in [0.1, 0.15) is 17.7 Å². The number of carbonyl (C=O) groups excluding carboxylic acids is 3. The Labute approximate surface area is 275 Å². The molecule has 2 unspecified atom stereocenters. The molecule has 1 aliphatic heterocycles. The Balaban J connectivity index is 1.21. The molecule has 2 aliphatic carbocycles. The minimum atomic E-state index is -0.686. The lowest BCUT2D eigenvalue weighted by atomic mass is 9.85. The summed E-state index contributed by atoms with van der Waals surface area (Å²) in [7, 11) is 0. The summed E-state index contributed by atoms with van der Waals surface area (Å²) in [6.07, 6.45) is 5.82. The zero-order chi connectivity index (χ0) is 33.3. The summed E-state index contributed by atoms with van der Waals surface area (Å²) in [6, 6.07) is 10.6. The molecule has 1 aromatic heterocycles. The Bertz CT molecular complexity index is 1640. The summed E-state index contributed by atoms with van der Waals surface area (Å²) in [4.78, 5) is 48.3. The first-order chi connectivity index (χ1) is 22.4. The molecule has 2 amide bonds. The van der Waals surface area contributed by atoms with Gasteiger partial charge >= 0.3 is 5.97 Å². The van der Waals surface area contributed by atoms with E-state index in [-0.39, 0.29) is 35.1 Å². The number of piperazine rings is 1. The molecular weight excluding hydrogens is 601 g/mol. The van der Waals surface area contributed by atoms with E-state index in [0.29, 0.717) is 62.7 Å². The van der Waals surface area contributed by atoms with E-state index in [4.69, 9.17) is 9.15 Å². The van der Waals surface area contributed by atoms with E-state index in [2.05, 4.69) is 39.6 Å². The first kappa shape index (κ1) is 32.5. The maximum absolute atomic E-state index is 15.8. The van der Waals surface area contributed by atoms with Crippen LogP contribution in [0.5, 0.6) is 0 Å². The molecule has 47 heavy (non-hydrogen) atoms. The topological polar surface area (TPSA) is 117 Å². The number of rotatable bonds is 8. The molecule has 6 rings (SSSR count). The van der Waals surface area contributed by atoms with Crippen LogP contribution in [0.3, 0.4) is 0 Å². The average Bonchev–Trinajstić information content (AvgIpc) is 3.77. The van der Waals surface area contributed by atoms with Gasteiger partial charge < -0.3 is 29.6 Å². The molecule has 2 N–H and O–H groups in total. The van der Waals surface area contributed by atoms with Gasteiger partial charge in [0, 0.05) is 49.9 Å². The number of nitrogens with one attached hydrogen (secondary N) is 2. The lowest BCUT2D eigenvalue weighted by Gasteiger charge is -2.38. The van der Waals surface area contributed by atoms with Crippen LogP contribution >= 0.6 is 0 Å². The number of hydrogen-bond acceptors (Lipinski definition) is 8. The highest BCUT2D eigenvalue weighted by molar-refractivity contribution is 6.06. The third-order valence-corrected chi connectivity index (χ3v) is 9.09. The molecule has 2 aromatic carbocycles. The standard InChI is InChI=1S/C36H44FN5O5/c1-22-8-5-6-11-30(22)41-14-16-42(17-15-41)31-20-27(37)26(19-28(31)39-33(44)29-21-46-34(40-29)23-12-13-23)32(43)38-25-10-7-9-24(18-25)35(45)47-36(2,3)4/h5-6,8,11,19-21,23-25H,7,9-10,12-18H2,1-4H3,(H,38,43)(H,39,44). The Hall–Kier alpha value is -4.41. The maximum Gasteiger partial charge on any atom is 0.309 e. The van der Waals surface area contributed by atoms with Crippen molar-refractivity contribution in [1.82, 2.24) is 10.3 Å². The molecule has 0 spiro atoms. The van der Waals surface area contributed by atoms with Gasteiger partial charge in [0.15, 0.2) is 11.6 Å². The van der Waals surface area contributed by atoms with Crippen molar-refractivity contribution in [3.8, 4) is 0 Å². The van der Waals surface area contributed by atoms with Crippen LogP contribution in [-0.4, -0.2) is 60.6 Å². The van der Waals surface area contributed by atoms with Gasteiger partial charge in [-0.2, -0.15) is 0 Å². The molecule has 0 bridgehead atoms. The first-order valence-corrected chi connectivity index (χ1v) is 16.6. The van der Waals surface area contributed by atoms with Crippen LogP contribution in [0, 0.1) is 18.7 Å². The number of benzene rings is 2. The number of para-hydroxylation sites is 1. The predicted molar refractivity (Wildman–Crippen MR) is 177 cm³/mol. The number of halogens is 1. The fraction of sp³-hybridized carbons (Fsp3) is 0.500. The lowest BCUT2D eigenvalue weighted by molar-refractivity contribution is -0.161. The number of amides is 2. The average molecular weight is 646 g/mol. The van der Waals surface area contributed by atoms with Gasteiger partial charge in [-0.05, 0) is 77.5 Å². The van der Waals surface area contributed by atoms with Crippen LogP contribution in [0.25, 0.3) is 0 Å². The lowest BCUT2D eigenvalue weighted by Crippen LogP contribution is -2.47. The van der Waals surface area contributed by atoms with Crippen molar-refractivity contribution in [2.24, 2.45) is 5.92 Å². The zero-order valence-electron chi connectivity index (χ0n) is 27.6. The molecule has 1 saturated heterocycles. The van der Waals surface area contributed by atoms with E-state index in [1.54, 1.807) is 0 Å². The number of carbonyl (C=O) groups is 3. The Morgan fingerprint density at radius 3 is 2.34 bits per heavy atom. The molecule has 11 heteroatoms. The molecule has 250 valence electrons. The highest BCUT2D eigenvalue weighted by Crippen LogP contribution is 2.39. The van der Waals surface area contributed by atoms with Gasteiger partial charge in [-0.25, -0.2) is 9.37 Å². The van der Waals surface area contributed by atoms with Crippen molar-refractivity contribution in [2.45, 2.75) is 83.8 Å². The second kappa shape index (κ2) is 13.4. The minimum Gasteiger partial charge on any atom is -0.460 e.